The summed E-state index contributed by atoms with van der Waals surface area (Å²) in [6.45, 7) is 3.92. The zero-order valence-corrected chi connectivity index (χ0v) is 7.50. The number of hydrogen-bond donors (Lipinski definition) is 1. The Morgan fingerprint density at radius 3 is 2.46 bits per heavy atom. The van der Waals surface area contributed by atoms with Gasteiger partial charge < -0.3 is 9.52 Å². The molecule has 0 aliphatic heterocycles. The second kappa shape index (κ2) is 2.49. The van der Waals surface area contributed by atoms with Crippen molar-refractivity contribution in [2.45, 2.75) is 19.8 Å². The highest BCUT2D eigenvalue weighted by Crippen LogP contribution is 2.33. The second-order valence-corrected chi connectivity index (χ2v) is 3.41. The number of carboxylic acid groups (broad SMARTS) is 1. The van der Waals surface area contributed by atoms with E-state index in [1.54, 1.807) is 6.07 Å². The van der Waals surface area contributed by atoms with Gasteiger partial charge in [-0.3, -0.25) is 0 Å². The lowest BCUT2D eigenvalue weighted by Gasteiger charge is -2.03. The van der Waals surface area contributed by atoms with E-state index in [4.69, 9.17) is 9.52 Å². The largest absolute Gasteiger partial charge is 0.478 e. The average Bonchev–Trinajstić information content (AvgIpc) is 2.60. The van der Waals surface area contributed by atoms with Gasteiger partial charge in [0.15, 0.2) is 0 Å². The Bertz CT molecular complexity index is 439. The molecule has 2 aromatic rings. The maximum atomic E-state index is 10.9. The third-order valence-electron chi connectivity index (χ3n) is 2.18. The molecule has 3 heteroatoms. The van der Waals surface area contributed by atoms with Crippen molar-refractivity contribution < 1.29 is 14.3 Å². The van der Waals surface area contributed by atoms with Crippen molar-refractivity contribution in [3.8, 4) is 0 Å². The highest BCUT2D eigenvalue weighted by atomic mass is 16.4. The fourth-order valence-electron chi connectivity index (χ4n) is 1.67. The van der Waals surface area contributed by atoms with Crippen LogP contribution in [-0.2, 0) is 0 Å². The lowest BCUT2D eigenvalue weighted by Crippen LogP contribution is -2.01. The van der Waals surface area contributed by atoms with Crippen LogP contribution in [0.25, 0.3) is 11.2 Å². The molecule has 0 spiro atoms. The molecule has 0 fully saturated rings. The van der Waals surface area contributed by atoms with Gasteiger partial charge >= 0.3 is 5.97 Å². The number of carbonyl (C=O) groups is 1. The van der Waals surface area contributed by atoms with Crippen molar-refractivity contribution in [2.75, 3.05) is 0 Å². The van der Waals surface area contributed by atoms with Gasteiger partial charge in [0.1, 0.15) is 16.7 Å². The summed E-state index contributed by atoms with van der Waals surface area (Å²) in [5.41, 5.74) is 2.31. The number of carboxylic acids is 1. The third-order valence-corrected chi connectivity index (χ3v) is 2.18. The molecule has 0 amide bonds. The molecule has 2 aromatic heterocycles. The van der Waals surface area contributed by atoms with Crippen molar-refractivity contribution in [3.63, 3.8) is 0 Å². The normalized spacial score (nSPS) is 11.6. The molecule has 0 aliphatic rings. The van der Waals surface area contributed by atoms with E-state index in [1.807, 2.05) is 19.9 Å². The first kappa shape index (κ1) is 8.10. The van der Waals surface area contributed by atoms with E-state index in [2.05, 4.69) is 0 Å². The Morgan fingerprint density at radius 1 is 1.38 bits per heavy atom. The SMILES string of the molecule is CC(C)c1c(C(=O)O)c2ccc1o2. The Kier molecular flexibility index (Phi) is 1.55. The van der Waals surface area contributed by atoms with Gasteiger partial charge in [-0.1, -0.05) is 13.8 Å². The lowest BCUT2D eigenvalue weighted by molar-refractivity contribution is 0.0697. The summed E-state index contributed by atoms with van der Waals surface area (Å²) >= 11 is 0. The molecule has 2 bridgehead atoms. The minimum atomic E-state index is -0.905. The summed E-state index contributed by atoms with van der Waals surface area (Å²) in [5.74, 6) is -0.721. The van der Waals surface area contributed by atoms with Crippen LogP contribution in [0.4, 0.5) is 0 Å². The van der Waals surface area contributed by atoms with Crippen molar-refractivity contribution >= 4 is 17.1 Å². The van der Waals surface area contributed by atoms with E-state index in [1.165, 1.54) is 0 Å². The number of aromatic carboxylic acids is 1. The van der Waals surface area contributed by atoms with E-state index in [9.17, 15) is 4.79 Å². The summed E-state index contributed by atoms with van der Waals surface area (Å²) in [4.78, 5) is 10.9. The number of fused-ring (bicyclic) bond motifs is 2. The van der Waals surface area contributed by atoms with E-state index in [0.717, 1.165) is 5.56 Å². The summed E-state index contributed by atoms with van der Waals surface area (Å²) < 4.78 is 5.29. The standard InChI is InChI=1S/C10H10O3/c1-5(2)8-6-3-4-7(13-6)9(8)10(11)12/h3-5H,1-2H3,(H,11,12). The van der Waals surface area contributed by atoms with E-state index in [0.29, 0.717) is 16.7 Å². The van der Waals surface area contributed by atoms with Gasteiger partial charge in [-0.25, -0.2) is 4.79 Å². The zero-order chi connectivity index (χ0) is 9.59. The number of benzene rings is 1. The smallest absolute Gasteiger partial charge is 0.339 e. The monoisotopic (exact) mass is 178 g/mol. The molecule has 0 aliphatic carbocycles. The average molecular weight is 178 g/mol. The van der Waals surface area contributed by atoms with Gasteiger partial charge in [0.2, 0.25) is 0 Å². The molecule has 3 nitrogen and oxygen atoms in total. The number of hydrogen-bond acceptors (Lipinski definition) is 2. The van der Waals surface area contributed by atoms with Gasteiger partial charge in [-0.2, -0.15) is 0 Å². The molecule has 68 valence electrons. The first-order chi connectivity index (χ1) is 6.11. The highest BCUT2D eigenvalue weighted by Gasteiger charge is 2.23. The Morgan fingerprint density at radius 2 is 2.00 bits per heavy atom. The number of rotatable bonds is 2. The molecule has 0 unspecified atom stereocenters. The van der Waals surface area contributed by atoms with Crippen LogP contribution in [0.15, 0.2) is 16.5 Å². The van der Waals surface area contributed by atoms with Gasteiger partial charge in [0.05, 0.1) is 0 Å². The Labute approximate surface area is 75.3 Å². The molecule has 2 rings (SSSR count). The van der Waals surface area contributed by atoms with Crippen LogP contribution in [0.2, 0.25) is 0 Å². The summed E-state index contributed by atoms with van der Waals surface area (Å²) in [7, 11) is 0. The van der Waals surface area contributed by atoms with Crippen LogP contribution < -0.4 is 0 Å². The molecule has 0 saturated heterocycles. The Hall–Kier alpha value is -1.51. The number of furan rings is 2. The van der Waals surface area contributed by atoms with Crippen LogP contribution in [0, 0.1) is 0 Å². The van der Waals surface area contributed by atoms with Gasteiger partial charge in [-0.05, 0) is 18.1 Å². The molecule has 2 heterocycles. The van der Waals surface area contributed by atoms with Crippen LogP contribution in [0.5, 0.6) is 0 Å². The third kappa shape index (κ3) is 1.00. The first-order valence-corrected chi connectivity index (χ1v) is 4.19. The predicted molar refractivity (Wildman–Crippen MR) is 48.4 cm³/mol. The quantitative estimate of drug-likeness (QED) is 0.769. The summed E-state index contributed by atoms with van der Waals surface area (Å²) in [6.07, 6.45) is 0. The molecule has 0 aromatic carbocycles. The lowest BCUT2D eigenvalue weighted by atomic mass is 9.97. The van der Waals surface area contributed by atoms with E-state index >= 15 is 0 Å². The summed E-state index contributed by atoms with van der Waals surface area (Å²) in [5, 5.41) is 8.95. The van der Waals surface area contributed by atoms with Crippen molar-refractivity contribution in [1.82, 2.24) is 0 Å². The van der Waals surface area contributed by atoms with Gasteiger partial charge in [-0.15, -0.1) is 0 Å². The molecule has 0 saturated carbocycles. The molecule has 0 radical (unpaired) electrons. The van der Waals surface area contributed by atoms with Crippen molar-refractivity contribution in [1.29, 1.82) is 0 Å². The molecular formula is C10H10O3. The zero-order valence-electron chi connectivity index (χ0n) is 7.50. The Balaban J connectivity index is 2.72. The fourth-order valence-corrected chi connectivity index (χ4v) is 1.67. The maximum absolute atomic E-state index is 10.9. The highest BCUT2D eigenvalue weighted by molar-refractivity contribution is 6.00. The van der Waals surface area contributed by atoms with Crippen LogP contribution in [-0.4, -0.2) is 11.1 Å². The second-order valence-electron chi connectivity index (χ2n) is 3.41. The van der Waals surface area contributed by atoms with Crippen molar-refractivity contribution in [3.05, 3.63) is 23.3 Å². The predicted octanol–water partition coefficient (Wildman–Crippen LogP) is 2.69. The van der Waals surface area contributed by atoms with Crippen molar-refractivity contribution in [2.24, 2.45) is 0 Å². The molecule has 13 heavy (non-hydrogen) atoms. The van der Waals surface area contributed by atoms with Gasteiger partial charge in [0, 0.05) is 5.56 Å². The maximum Gasteiger partial charge on any atom is 0.339 e. The minimum absolute atomic E-state index is 0.184. The van der Waals surface area contributed by atoms with Crippen LogP contribution in [0.3, 0.4) is 0 Å². The summed E-state index contributed by atoms with van der Waals surface area (Å²) in [6, 6.07) is 3.52. The van der Waals surface area contributed by atoms with E-state index < -0.39 is 5.97 Å². The van der Waals surface area contributed by atoms with Crippen LogP contribution in [0.1, 0.15) is 35.7 Å². The molecule has 1 N–H and O–H groups in total. The van der Waals surface area contributed by atoms with Gasteiger partial charge in [0.25, 0.3) is 0 Å². The minimum Gasteiger partial charge on any atom is -0.478 e. The fraction of sp³-hybridized carbons (Fsp3) is 0.300. The topological polar surface area (TPSA) is 50.4 Å². The van der Waals surface area contributed by atoms with E-state index in [-0.39, 0.29) is 5.92 Å². The molecular weight excluding hydrogens is 168 g/mol. The molecule has 0 atom stereocenters. The van der Waals surface area contributed by atoms with Crippen LogP contribution >= 0.6 is 0 Å². The first-order valence-electron chi connectivity index (χ1n) is 4.19.